The number of nitrogens with one attached hydrogen (secondary N) is 1. The van der Waals surface area contributed by atoms with Gasteiger partial charge in [0.05, 0.1) is 6.54 Å². The number of carbonyl (C=O) groups excluding carboxylic acids is 1. The van der Waals surface area contributed by atoms with Gasteiger partial charge in [-0.25, -0.2) is 0 Å². The third kappa shape index (κ3) is 3.63. The van der Waals surface area contributed by atoms with E-state index in [-0.39, 0.29) is 11.3 Å². The van der Waals surface area contributed by atoms with Crippen LogP contribution in [0.2, 0.25) is 0 Å². The number of nitrogens with zero attached hydrogens (tertiary/aromatic N) is 2. The molecular weight excluding hydrogens is 234 g/mol. The van der Waals surface area contributed by atoms with E-state index in [1.807, 2.05) is 4.90 Å². The molecule has 17 heavy (non-hydrogen) atoms. The molecule has 96 valence electrons. The summed E-state index contributed by atoms with van der Waals surface area (Å²) in [6.07, 6.45) is 2.30. The SMILES string of the molecule is CC1(C)CN=C(NCC(=O)N2CCCC2)SC1. The predicted molar refractivity (Wildman–Crippen MR) is 72.4 cm³/mol. The Labute approximate surface area is 107 Å². The van der Waals surface area contributed by atoms with Gasteiger partial charge in [0.15, 0.2) is 5.17 Å². The van der Waals surface area contributed by atoms with E-state index < -0.39 is 0 Å². The van der Waals surface area contributed by atoms with Crippen molar-refractivity contribution in [3.05, 3.63) is 0 Å². The van der Waals surface area contributed by atoms with E-state index in [0.29, 0.717) is 6.54 Å². The van der Waals surface area contributed by atoms with Crippen LogP contribution in [-0.2, 0) is 4.79 Å². The van der Waals surface area contributed by atoms with Crippen LogP contribution in [0, 0.1) is 5.41 Å². The fraction of sp³-hybridized carbons (Fsp3) is 0.833. The zero-order valence-corrected chi connectivity index (χ0v) is 11.5. The Hall–Kier alpha value is -0.710. The van der Waals surface area contributed by atoms with Crippen molar-refractivity contribution in [2.24, 2.45) is 10.4 Å². The molecule has 2 aliphatic rings. The van der Waals surface area contributed by atoms with Gasteiger partial charge in [-0.3, -0.25) is 9.79 Å². The molecule has 0 radical (unpaired) electrons. The molecule has 0 bridgehead atoms. The highest BCUT2D eigenvalue weighted by molar-refractivity contribution is 8.13. The van der Waals surface area contributed by atoms with Crippen molar-refractivity contribution < 1.29 is 4.79 Å². The van der Waals surface area contributed by atoms with Crippen molar-refractivity contribution in [1.82, 2.24) is 10.2 Å². The van der Waals surface area contributed by atoms with E-state index in [9.17, 15) is 4.79 Å². The Kier molecular flexibility index (Phi) is 3.97. The molecule has 5 heteroatoms. The third-order valence-electron chi connectivity index (χ3n) is 3.10. The fourth-order valence-electron chi connectivity index (χ4n) is 1.98. The van der Waals surface area contributed by atoms with Gasteiger partial charge in [0, 0.05) is 25.4 Å². The van der Waals surface area contributed by atoms with E-state index in [4.69, 9.17) is 0 Å². The first-order valence-corrected chi connectivity index (χ1v) is 7.24. The van der Waals surface area contributed by atoms with Crippen LogP contribution >= 0.6 is 11.8 Å². The second-order valence-corrected chi connectivity index (χ2v) is 6.48. The van der Waals surface area contributed by atoms with Crippen molar-refractivity contribution in [1.29, 1.82) is 0 Å². The quantitative estimate of drug-likeness (QED) is 0.809. The van der Waals surface area contributed by atoms with Gasteiger partial charge in [0.25, 0.3) is 0 Å². The van der Waals surface area contributed by atoms with Gasteiger partial charge in [-0.05, 0) is 18.3 Å². The number of amides is 1. The van der Waals surface area contributed by atoms with Gasteiger partial charge in [-0.15, -0.1) is 0 Å². The minimum absolute atomic E-state index is 0.204. The molecule has 2 heterocycles. The number of carbonyl (C=O) groups is 1. The summed E-state index contributed by atoms with van der Waals surface area (Å²) in [4.78, 5) is 18.2. The highest BCUT2D eigenvalue weighted by Gasteiger charge is 2.24. The molecule has 0 aromatic heterocycles. The number of rotatable bonds is 2. The highest BCUT2D eigenvalue weighted by Crippen LogP contribution is 2.26. The second-order valence-electron chi connectivity index (χ2n) is 5.52. The Balaban J connectivity index is 1.75. The maximum atomic E-state index is 11.8. The zero-order chi connectivity index (χ0) is 12.3. The molecule has 2 aliphatic heterocycles. The molecule has 1 saturated heterocycles. The van der Waals surface area contributed by atoms with Gasteiger partial charge in [0.1, 0.15) is 0 Å². The molecule has 0 saturated carbocycles. The summed E-state index contributed by atoms with van der Waals surface area (Å²) in [5, 5.41) is 4.09. The van der Waals surface area contributed by atoms with Crippen LogP contribution < -0.4 is 5.32 Å². The van der Waals surface area contributed by atoms with Crippen LogP contribution in [0.5, 0.6) is 0 Å². The van der Waals surface area contributed by atoms with E-state index >= 15 is 0 Å². The summed E-state index contributed by atoms with van der Waals surface area (Å²) in [6, 6.07) is 0. The third-order valence-corrected chi connectivity index (χ3v) is 4.57. The van der Waals surface area contributed by atoms with E-state index in [0.717, 1.165) is 43.4 Å². The van der Waals surface area contributed by atoms with Crippen LogP contribution in [0.25, 0.3) is 0 Å². The second kappa shape index (κ2) is 5.29. The van der Waals surface area contributed by atoms with Crippen molar-refractivity contribution >= 4 is 22.8 Å². The summed E-state index contributed by atoms with van der Waals surface area (Å²) in [5.41, 5.74) is 0.287. The smallest absolute Gasteiger partial charge is 0.241 e. The summed E-state index contributed by atoms with van der Waals surface area (Å²) in [6.45, 7) is 7.53. The lowest BCUT2D eigenvalue weighted by Gasteiger charge is -2.27. The van der Waals surface area contributed by atoms with E-state index in [1.165, 1.54) is 0 Å². The molecule has 0 unspecified atom stereocenters. The van der Waals surface area contributed by atoms with E-state index in [1.54, 1.807) is 11.8 Å². The predicted octanol–water partition coefficient (Wildman–Crippen LogP) is 1.33. The lowest BCUT2D eigenvalue weighted by molar-refractivity contribution is -0.128. The molecule has 0 aromatic carbocycles. The number of hydrogen-bond donors (Lipinski definition) is 1. The molecule has 1 fully saturated rings. The van der Waals surface area contributed by atoms with Crippen molar-refractivity contribution in [2.75, 3.05) is 31.9 Å². The van der Waals surface area contributed by atoms with Gasteiger partial charge < -0.3 is 10.2 Å². The fourth-order valence-corrected chi connectivity index (χ4v) is 2.93. The summed E-state index contributed by atoms with van der Waals surface area (Å²) in [7, 11) is 0. The molecule has 1 amide bonds. The molecular formula is C12H21N3OS. The van der Waals surface area contributed by atoms with Crippen molar-refractivity contribution in [3.63, 3.8) is 0 Å². The summed E-state index contributed by atoms with van der Waals surface area (Å²) < 4.78 is 0. The summed E-state index contributed by atoms with van der Waals surface area (Å²) >= 11 is 1.72. The first kappa shape index (κ1) is 12.7. The largest absolute Gasteiger partial charge is 0.356 e. The lowest BCUT2D eigenvalue weighted by Crippen LogP contribution is -2.39. The zero-order valence-electron chi connectivity index (χ0n) is 10.7. The van der Waals surface area contributed by atoms with Crippen LogP contribution in [0.3, 0.4) is 0 Å². The van der Waals surface area contributed by atoms with Crippen LogP contribution in [0.1, 0.15) is 26.7 Å². The lowest BCUT2D eigenvalue weighted by atomic mass is 9.97. The Bertz CT molecular complexity index is 322. The maximum absolute atomic E-state index is 11.8. The maximum Gasteiger partial charge on any atom is 0.241 e. The molecule has 0 aliphatic carbocycles. The number of thioether (sulfide) groups is 1. The normalized spacial score (nSPS) is 23.4. The van der Waals surface area contributed by atoms with Crippen LogP contribution in [0.15, 0.2) is 4.99 Å². The average Bonchev–Trinajstić information content (AvgIpc) is 2.80. The Morgan fingerprint density at radius 1 is 1.47 bits per heavy atom. The Morgan fingerprint density at radius 3 is 2.76 bits per heavy atom. The van der Waals surface area contributed by atoms with Gasteiger partial charge in [-0.2, -0.15) is 0 Å². The molecule has 2 rings (SSSR count). The number of amidine groups is 1. The molecule has 1 N–H and O–H groups in total. The average molecular weight is 255 g/mol. The van der Waals surface area contributed by atoms with Crippen molar-refractivity contribution in [3.8, 4) is 0 Å². The first-order chi connectivity index (χ1) is 8.07. The molecule has 0 aromatic rings. The molecule has 0 atom stereocenters. The summed E-state index contributed by atoms with van der Waals surface area (Å²) in [5.74, 6) is 1.27. The first-order valence-electron chi connectivity index (χ1n) is 6.26. The van der Waals surface area contributed by atoms with Gasteiger partial charge in [-0.1, -0.05) is 25.6 Å². The minimum atomic E-state index is 0.204. The van der Waals surface area contributed by atoms with Gasteiger partial charge >= 0.3 is 0 Å². The van der Waals surface area contributed by atoms with Crippen LogP contribution in [0.4, 0.5) is 0 Å². The number of hydrogen-bond acceptors (Lipinski definition) is 4. The van der Waals surface area contributed by atoms with Crippen molar-refractivity contribution in [2.45, 2.75) is 26.7 Å². The monoisotopic (exact) mass is 255 g/mol. The van der Waals surface area contributed by atoms with E-state index in [2.05, 4.69) is 24.2 Å². The Morgan fingerprint density at radius 2 is 2.18 bits per heavy atom. The molecule has 0 spiro atoms. The highest BCUT2D eigenvalue weighted by atomic mass is 32.2. The number of likely N-dealkylation sites (tertiary alicyclic amines) is 1. The van der Waals surface area contributed by atoms with Crippen LogP contribution in [-0.4, -0.2) is 47.9 Å². The standard InChI is InChI=1S/C12H21N3OS/c1-12(2)8-14-11(17-9-12)13-7-10(16)15-5-3-4-6-15/h3-9H2,1-2H3,(H,13,14). The molecule has 4 nitrogen and oxygen atoms in total. The number of aliphatic imine (C=N–C) groups is 1. The minimum Gasteiger partial charge on any atom is -0.356 e. The topological polar surface area (TPSA) is 44.7 Å². The van der Waals surface area contributed by atoms with Gasteiger partial charge in [0.2, 0.25) is 5.91 Å².